The molecular formula is C23H24N4O3. The number of anilines is 2. The van der Waals surface area contributed by atoms with Crippen LogP contribution in [0.25, 0.3) is 11.0 Å². The molecule has 1 aromatic heterocycles. The smallest absolute Gasteiger partial charge is 0.253 e. The van der Waals surface area contributed by atoms with Gasteiger partial charge < -0.3 is 10.1 Å². The maximum Gasteiger partial charge on any atom is 0.253 e. The summed E-state index contributed by atoms with van der Waals surface area (Å²) in [6, 6.07) is 14.7. The molecule has 1 N–H and O–H groups in total. The SMILES string of the molecule is Cc1ccc(NC(=O)C[C@@H]2C(=O)N(C[C@@H]3CCCO3)c3nc4ccccc4n32)cc1. The molecule has 0 radical (unpaired) electrons. The van der Waals surface area contributed by atoms with Crippen molar-refractivity contribution in [1.82, 2.24) is 9.55 Å². The number of amides is 2. The minimum absolute atomic E-state index is 0.0161. The molecule has 0 unspecified atom stereocenters. The van der Waals surface area contributed by atoms with Gasteiger partial charge in [-0.25, -0.2) is 4.98 Å². The van der Waals surface area contributed by atoms with Crippen LogP contribution in [0, 0.1) is 6.92 Å². The first-order valence-electron chi connectivity index (χ1n) is 10.4. The largest absolute Gasteiger partial charge is 0.376 e. The second-order valence-electron chi connectivity index (χ2n) is 7.99. The molecule has 5 rings (SSSR count). The van der Waals surface area contributed by atoms with Gasteiger partial charge in [0.25, 0.3) is 5.91 Å². The molecule has 1 fully saturated rings. The number of nitrogens with one attached hydrogen (secondary N) is 1. The third-order valence-electron chi connectivity index (χ3n) is 5.81. The number of benzene rings is 2. The predicted molar refractivity (Wildman–Crippen MR) is 115 cm³/mol. The molecule has 2 atom stereocenters. The summed E-state index contributed by atoms with van der Waals surface area (Å²) in [4.78, 5) is 32.5. The van der Waals surface area contributed by atoms with Crippen molar-refractivity contribution in [3.05, 3.63) is 54.1 Å². The van der Waals surface area contributed by atoms with E-state index in [2.05, 4.69) is 5.32 Å². The fraction of sp³-hybridized carbons (Fsp3) is 0.348. The molecule has 154 valence electrons. The Kier molecular flexibility index (Phi) is 4.75. The molecule has 0 bridgehead atoms. The van der Waals surface area contributed by atoms with Crippen molar-refractivity contribution in [2.45, 2.75) is 38.3 Å². The Labute approximate surface area is 174 Å². The Bertz CT molecular complexity index is 1100. The number of aromatic nitrogens is 2. The fourth-order valence-corrected chi connectivity index (χ4v) is 4.29. The van der Waals surface area contributed by atoms with Crippen LogP contribution < -0.4 is 10.2 Å². The molecule has 2 aliphatic rings. The highest BCUT2D eigenvalue weighted by Gasteiger charge is 2.42. The van der Waals surface area contributed by atoms with Gasteiger partial charge in [-0.15, -0.1) is 0 Å². The van der Waals surface area contributed by atoms with E-state index in [-0.39, 0.29) is 24.3 Å². The summed E-state index contributed by atoms with van der Waals surface area (Å²) in [5, 5.41) is 2.91. The van der Waals surface area contributed by atoms with Gasteiger partial charge >= 0.3 is 0 Å². The zero-order valence-electron chi connectivity index (χ0n) is 16.9. The number of hydrogen-bond donors (Lipinski definition) is 1. The number of para-hydroxylation sites is 2. The summed E-state index contributed by atoms with van der Waals surface area (Å²) in [7, 11) is 0. The summed E-state index contributed by atoms with van der Waals surface area (Å²) in [6.07, 6.45) is 2.01. The van der Waals surface area contributed by atoms with Gasteiger partial charge in [0.1, 0.15) is 6.04 Å². The van der Waals surface area contributed by atoms with Gasteiger partial charge in [-0.1, -0.05) is 29.8 Å². The lowest BCUT2D eigenvalue weighted by Gasteiger charge is -2.19. The van der Waals surface area contributed by atoms with Crippen molar-refractivity contribution >= 4 is 34.5 Å². The Morgan fingerprint density at radius 2 is 2.00 bits per heavy atom. The van der Waals surface area contributed by atoms with E-state index in [1.54, 1.807) is 4.90 Å². The molecule has 1 saturated heterocycles. The van der Waals surface area contributed by atoms with Gasteiger partial charge in [-0.2, -0.15) is 0 Å². The third kappa shape index (κ3) is 3.35. The molecule has 7 heteroatoms. The van der Waals surface area contributed by atoms with Crippen molar-refractivity contribution in [2.75, 3.05) is 23.4 Å². The third-order valence-corrected chi connectivity index (χ3v) is 5.81. The molecule has 0 aliphatic carbocycles. The first-order valence-corrected chi connectivity index (χ1v) is 10.4. The second-order valence-corrected chi connectivity index (χ2v) is 7.99. The Balaban J connectivity index is 1.43. The molecule has 2 aliphatic heterocycles. The fourth-order valence-electron chi connectivity index (χ4n) is 4.29. The number of hydrogen-bond acceptors (Lipinski definition) is 4. The van der Waals surface area contributed by atoms with E-state index in [1.165, 1.54) is 0 Å². The van der Waals surface area contributed by atoms with Crippen LogP contribution in [0.4, 0.5) is 11.6 Å². The van der Waals surface area contributed by atoms with Crippen LogP contribution in [0.3, 0.4) is 0 Å². The van der Waals surface area contributed by atoms with E-state index in [0.29, 0.717) is 12.5 Å². The number of rotatable bonds is 5. The monoisotopic (exact) mass is 404 g/mol. The van der Waals surface area contributed by atoms with Crippen molar-refractivity contribution < 1.29 is 14.3 Å². The average molecular weight is 404 g/mol. The second kappa shape index (κ2) is 7.57. The lowest BCUT2D eigenvalue weighted by molar-refractivity contribution is -0.124. The van der Waals surface area contributed by atoms with Gasteiger partial charge in [0.15, 0.2) is 0 Å². The minimum atomic E-state index is -0.612. The Morgan fingerprint density at radius 3 is 2.77 bits per heavy atom. The van der Waals surface area contributed by atoms with Gasteiger partial charge in [-0.3, -0.25) is 19.1 Å². The molecule has 30 heavy (non-hydrogen) atoms. The van der Waals surface area contributed by atoms with Gasteiger partial charge in [-0.05, 0) is 44.0 Å². The van der Waals surface area contributed by atoms with Crippen molar-refractivity contribution in [3.8, 4) is 0 Å². The number of nitrogens with zero attached hydrogens (tertiary/aromatic N) is 3. The Hall–Kier alpha value is -3.19. The molecule has 0 spiro atoms. The highest BCUT2D eigenvalue weighted by atomic mass is 16.5. The molecule has 2 aromatic carbocycles. The highest BCUT2D eigenvalue weighted by molar-refractivity contribution is 6.05. The van der Waals surface area contributed by atoms with E-state index in [1.807, 2.05) is 60.0 Å². The van der Waals surface area contributed by atoms with Gasteiger partial charge in [0, 0.05) is 12.3 Å². The summed E-state index contributed by atoms with van der Waals surface area (Å²) in [5.74, 6) is 0.308. The molecule has 2 amide bonds. The zero-order chi connectivity index (χ0) is 20.7. The number of aryl methyl sites for hydroxylation is 1. The number of carbonyl (C=O) groups is 2. The van der Waals surface area contributed by atoms with Crippen molar-refractivity contribution in [3.63, 3.8) is 0 Å². The van der Waals surface area contributed by atoms with Gasteiger partial charge in [0.05, 0.1) is 30.1 Å². The summed E-state index contributed by atoms with van der Waals surface area (Å²) in [6.45, 7) is 3.20. The van der Waals surface area contributed by atoms with Crippen molar-refractivity contribution in [2.24, 2.45) is 0 Å². The van der Waals surface area contributed by atoms with E-state index in [0.717, 1.165) is 41.7 Å². The lowest BCUT2D eigenvalue weighted by atomic mass is 10.1. The van der Waals surface area contributed by atoms with E-state index in [9.17, 15) is 9.59 Å². The zero-order valence-corrected chi connectivity index (χ0v) is 16.9. The van der Waals surface area contributed by atoms with Crippen LogP contribution in [0.2, 0.25) is 0 Å². The Morgan fingerprint density at radius 1 is 1.20 bits per heavy atom. The normalized spacial score (nSPS) is 20.7. The predicted octanol–water partition coefficient (Wildman–Crippen LogP) is 3.44. The highest BCUT2D eigenvalue weighted by Crippen LogP contribution is 2.37. The van der Waals surface area contributed by atoms with E-state index in [4.69, 9.17) is 9.72 Å². The summed E-state index contributed by atoms with van der Waals surface area (Å²) >= 11 is 0. The first-order chi connectivity index (χ1) is 14.6. The van der Waals surface area contributed by atoms with Crippen LogP contribution in [0.5, 0.6) is 0 Å². The number of fused-ring (bicyclic) bond motifs is 3. The maximum atomic E-state index is 13.3. The number of carbonyl (C=O) groups excluding carboxylic acids is 2. The van der Waals surface area contributed by atoms with Crippen LogP contribution in [0.15, 0.2) is 48.5 Å². The standard InChI is InChI=1S/C23H24N4O3/c1-15-8-10-16(11-9-15)24-21(28)13-20-22(29)26(14-17-5-4-12-30-17)23-25-18-6-2-3-7-19(18)27(20)23/h2-3,6-11,17,20H,4-5,12-14H2,1H3,(H,24,28)/t17-,20+/m0/s1. The molecule has 3 aromatic rings. The molecule has 3 heterocycles. The maximum absolute atomic E-state index is 13.3. The van der Waals surface area contributed by atoms with Crippen LogP contribution in [-0.4, -0.2) is 40.6 Å². The first kappa shape index (κ1) is 18.8. The van der Waals surface area contributed by atoms with Crippen LogP contribution >= 0.6 is 0 Å². The van der Waals surface area contributed by atoms with Crippen LogP contribution in [0.1, 0.15) is 30.9 Å². The molecule has 0 saturated carbocycles. The molecular weight excluding hydrogens is 380 g/mol. The van der Waals surface area contributed by atoms with Crippen molar-refractivity contribution in [1.29, 1.82) is 0 Å². The average Bonchev–Trinajstić information content (AvgIpc) is 3.44. The quantitative estimate of drug-likeness (QED) is 0.707. The van der Waals surface area contributed by atoms with Crippen LogP contribution in [-0.2, 0) is 14.3 Å². The number of ether oxygens (including phenoxy) is 1. The van der Waals surface area contributed by atoms with Gasteiger partial charge in [0.2, 0.25) is 11.9 Å². The van der Waals surface area contributed by atoms with E-state index >= 15 is 0 Å². The minimum Gasteiger partial charge on any atom is -0.376 e. The topological polar surface area (TPSA) is 76.5 Å². The molecule has 7 nitrogen and oxygen atoms in total. The summed E-state index contributed by atoms with van der Waals surface area (Å²) < 4.78 is 7.65. The lowest BCUT2D eigenvalue weighted by Crippen LogP contribution is -2.37. The summed E-state index contributed by atoms with van der Waals surface area (Å²) in [5.41, 5.74) is 3.53. The number of imidazole rings is 1. The van der Waals surface area contributed by atoms with E-state index < -0.39 is 6.04 Å².